The summed E-state index contributed by atoms with van der Waals surface area (Å²) in [6.07, 6.45) is -1.23. The van der Waals surface area contributed by atoms with Gasteiger partial charge in [0.15, 0.2) is 0 Å². The van der Waals surface area contributed by atoms with E-state index in [0.29, 0.717) is 17.7 Å². The number of imide groups is 1. The van der Waals surface area contributed by atoms with Crippen LogP contribution in [0, 0.1) is 13.8 Å². The van der Waals surface area contributed by atoms with E-state index in [0.717, 1.165) is 11.1 Å². The molecule has 2 aromatic carbocycles. The van der Waals surface area contributed by atoms with Gasteiger partial charge < -0.3 is 10.1 Å². The number of ether oxygens (including phenoxy) is 1. The molecule has 0 spiro atoms. The van der Waals surface area contributed by atoms with E-state index in [1.54, 1.807) is 49.4 Å². The Morgan fingerprint density at radius 2 is 1.69 bits per heavy atom. The molecule has 0 saturated heterocycles. The van der Waals surface area contributed by atoms with Crippen LogP contribution >= 0.6 is 0 Å². The van der Waals surface area contributed by atoms with Crippen molar-refractivity contribution in [2.24, 2.45) is 0 Å². The third-order valence-corrected chi connectivity index (χ3v) is 3.88. The summed E-state index contributed by atoms with van der Waals surface area (Å²) in [4.78, 5) is 36.6. The number of nitrogens with one attached hydrogen (secondary N) is 2. The van der Waals surface area contributed by atoms with Gasteiger partial charge in [0.05, 0.1) is 5.56 Å². The molecule has 2 aromatic rings. The highest BCUT2D eigenvalue weighted by Crippen LogP contribution is 2.20. The first-order valence-corrected chi connectivity index (χ1v) is 8.34. The fraction of sp³-hybridized carbons (Fsp3) is 0.250. The quantitative estimate of drug-likeness (QED) is 0.808. The van der Waals surface area contributed by atoms with Gasteiger partial charge in [-0.3, -0.25) is 10.1 Å². The zero-order chi connectivity index (χ0) is 19.1. The van der Waals surface area contributed by atoms with Crippen LogP contribution in [0.4, 0.5) is 4.79 Å². The molecule has 0 aliphatic carbocycles. The van der Waals surface area contributed by atoms with Gasteiger partial charge in [-0.1, -0.05) is 36.4 Å². The van der Waals surface area contributed by atoms with Gasteiger partial charge in [-0.2, -0.15) is 0 Å². The number of carbonyl (C=O) groups excluding carboxylic acids is 3. The topological polar surface area (TPSA) is 84.5 Å². The first kappa shape index (κ1) is 19.2. The summed E-state index contributed by atoms with van der Waals surface area (Å²) in [5, 5.41) is 4.66. The highest BCUT2D eigenvalue weighted by Gasteiger charge is 2.27. The molecule has 6 heteroatoms. The molecule has 3 amide bonds. The first-order chi connectivity index (χ1) is 12.4. The molecular weight excluding hydrogens is 332 g/mol. The monoisotopic (exact) mass is 354 g/mol. The molecule has 0 aliphatic heterocycles. The lowest BCUT2D eigenvalue weighted by Gasteiger charge is -2.18. The van der Waals surface area contributed by atoms with Gasteiger partial charge in [0.2, 0.25) is 6.10 Å². The van der Waals surface area contributed by atoms with Gasteiger partial charge in [-0.15, -0.1) is 0 Å². The van der Waals surface area contributed by atoms with E-state index in [4.69, 9.17) is 4.74 Å². The van der Waals surface area contributed by atoms with Crippen molar-refractivity contribution < 1.29 is 19.1 Å². The van der Waals surface area contributed by atoms with E-state index in [2.05, 4.69) is 10.6 Å². The summed E-state index contributed by atoms with van der Waals surface area (Å²) in [7, 11) is 0. The number of amides is 3. The van der Waals surface area contributed by atoms with Crippen molar-refractivity contribution in [3.8, 4) is 0 Å². The SMILES string of the molecule is CCNC(=O)NC(=O)[C@H](OC(=O)c1ccc(C)c(C)c1)c1ccccc1. The number of urea groups is 1. The molecule has 0 fully saturated rings. The summed E-state index contributed by atoms with van der Waals surface area (Å²) in [6, 6.07) is 13.1. The van der Waals surface area contributed by atoms with Crippen LogP contribution in [0.5, 0.6) is 0 Å². The maximum Gasteiger partial charge on any atom is 0.339 e. The van der Waals surface area contributed by atoms with Gasteiger partial charge in [0, 0.05) is 12.1 Å². The molecule has 136 valence electrons. The van der Waals surface area contributed by atoms with Crippen LogP contribution in [-0.2, 0) is 9.53 Å². The molecule has 0 aromatic heterocycles. The van der Waals surface area contributed by atoms with Crippen molar-refractivity contribution >= 4 is 17.9 Å². The Bertz CT molecular complexity index is 803. The number of rotatable bonds is 5. The summed E-state index contributed by atoms with van der Waals surface area (Å²) >= 11 is 0. The highest BCUT2D eigenvalue weighted by atomic mass is 16.5. The second-order valence-corrected chi connectivity index (χ2v) is 5.84. The first-order valence-electron chi connectivity index (χ1n) is 8.34. The lowest BCUT2D eigenvalue weighted by atomic mass is 10.1. The van der Waals surface area contributed by atoms with Gasteiger partial charge in [-0.25, -0.2) is 9.59 Å². The summed E-state index contributed by atoms with van der Waals surface area (Å²) in [5.74, 6) is -1.34. The van der Waals surface area contributed by atoms with Gasteiger partial charge in [0.25, 0.3) is 5.91 Å². The van der Waals surface area contributed by atoms with Gasteiger partial charge in [-0.05, 0) is 44.0 Å². The molecule has 2 rings (SSSR count). The summed E-state index contributed by atoms with van der Waals surface area (Å²) < 4.78 is 5.43. The molecule has 0 saturated carbocycles. The number of esters is 1. The van der Waals surface area contributed by atoms with E-state index in [-0.39, 0.29) is 0 Å². The van der Waals surface area contributed by atoms with Crippen molar-refractivity contribution in [2.75, 3.05) is 6.54 Å². The third kappa shape index (κ3) is 4.92. The van der Waals surface area contributed by atoms with E-state index in [1.807, 2.05) is 19.9 Å². The van der Waals surface area contributed by atoms with Crippen LogP contribution in [0.1, 0.15) is 40.1 Å². The number of benzene rings is 2. The lowest BCUT2D eigenvalue weighted by molar-refractivity contribution is -0.129. The maximum absolute atomic E-state index is 12.5. The largest absolute Gasteiger partial charge is 0.444 e. The predicted octanol–water partition coefficient (Wildman–Crippen LogP) is 3.05. The van der Waals surface area contributed by atoms with E-state index >= 15 is 0 Å². The Morgan fingerprint density at radius 3 is 2.31 bits per heavy atom. The van der Waals surface area contributed by atoms with Crippen LogP contribution in [0.2, 0.25) is 0 Å². The molecule has 26 heavy (non-hydrogen) atoms. The number of hydrogen-bond acceptors (Lipinski definition) is 4. The van der Waals surface area contributed by atoms with Crippen molar-refractivity contribution in [1.82, 2.24) is 10.6 Å². The Morgan fingerprint density at radius 1 is 1.00 bits per heavy atom. The zero-order valence-corrected chi connectivity index (χ0v) is 15.0. The third-order valence-electron chi connectivity index (χ3n) is 3.88. The molecule has 0 heterocycles. The predicted molar refractivity (Wildman–Crippen MR) is 97.7 cm³/mol. The standard InChI is InChI=1S/C20H22N2O4/c1-4-21-20(25)22-18(23)17(15-8-6-5-7-9-15)26-19(24)16-11-10-13(2)14(3)12-16/h5-12,17H,4H2,1-3H3,(H2,21,22,23,25)/t17-/m1/s1. The average Bonchev–Trinajstić information content (AvgIpc) is 2.62. The summed E-state index contributed by atoms with van der Waals surface area (Å²) in [5.41, 5.74) is 2.82. The Labute approximate surface area is 152 Å². The van der Waals surface area contributed by atoms with Crippen LogP contribution in [0.3, 0.4) is 0 Å². The van der Waals surface area contributed by atoms with Gasteiger partial charge >= 0.3 is 12.0 Å². The molecule has 0 aliphatic rings. The minimum atomic E-state index is -1.23. The highest BCUT2D eigenvalue weighted by molar-refractivity contribution is 5.99. The van der Waals surface area contributed by atoms with E-state index in [1.165, 1.54) is 0 Å². The smallest absolute Gasteiger partial charge is 0.339 e. The van der Waals surface area contributed by atoms with E-state index < -0.39 is 24.0 Å². The van der Waals surface area contributed by atoms with E-state index in [9.17, 15) is 14.4 Å². The van der Waals surface area contributed by atoms with Crippen LogP contribution in [0.15, 0.2) is 48.5 Å². The van der Waals surface area contributed by atoms with Crippen LogP contribution in [-0.4, -0.2) is 24.5 Å². The number of carbonyl (C=O) groups is 3. The zero-order valence-electron chi connectivity index (χ0n) is 15.0. The minimum absolute atomic E-state index is 0.347. The Hall–Kier alpha value is -3.15. The summed E-state index contributed by atoms with van der Waals surface area (Å²) in [6.45, 7) is 5.94. The Kier molecular flexibility index (Phi) is 6.49. The molecule has 0 radical (unpaired) electrons. The number of hydrogen-bond donors (Lipinski definition) is 2. The van der Waals surface area contributed by atoms with Gasteiger partial charge in [0.1, 0.15) is 0 Å². The van der Waals surface area contributed by atoms with Crippen LogP contribution < -0.4 is 10.6 Å². The van der Waals surface area contributed by atoms with Crippen molar-refractivity contribution in [3.63, 3.8) is 0 Å². The fourth-order valence-corrected chi connectivity index (χ4v) is 2.33. The van der Waals surface area contributed by atoms with Crippen molar-refractivity contribution in [2.45, 2.75) is 26.9 Å². The normalized spacial score (nSPS) is 11.3. The molecule has 6 nitrogen and oxygen atoms in total. The maximum atomic E-state index is 12.5. The molecular formula is C20H22N2O4. The molecule has 2 N–H and O–H groups in total. The van der Waals surface area contributed by atoms with Crippen molar-refractivity contribution in [1.29, 1.82) is 0 Å². The van der Waals surface area contributed by atoms with Crippen LogP contribution in [0.25, 0.3) is 0 Å². The average molecular weight is 354 g/mol. The van der Waals surface area contributed by atoms with Crippen molar-refractivity contribution in [3.05, 3.63) is 70.8 Å². The number of aryl methyl sites for hydroxylation is 2. The molecule has 0 bridgehead atoms. The second-order valence-electron chi connectivity index (χ2n) is 5.84. The minimum Gasteiger partial charge on any atom is -0.444 e. The Balaban J connectivity index is 2.23. The lowest BCUT2D eigenvalue weighted by Crippen LogP contribution is -2.42. The molecule has 0 unspecified atom stereocenters. The molecule has 1 atom stereocenters. The fourth-order valence-electron chi connectivity index (χ4n) is 2.33. The second kappa shape index (κ2) is 8.80.